The molecule has 16 heavy (non-hydrogen) atoms. The molecular weight excluding hydrogens is 286 g/mol. The number of rotatable bonds is 2. The van der Waals surface area contributed by atoms with Crippen LogP contribution >= 0.6 is 27.3 Å². The highest BCUT2D eigenvalue weighted by atomic mass is 79.9. The molecule has 3 nitrogen and oxygen atoms in total. The van der Waals surface area contributed by atoms with E-state index in [-0.39, 0.29) is 0 Å². The highest BCUT2D eigenvalue weighted by Gasteiger charge is 2.27. The Bertz CT molecular complexity index is 534. The molecule has 0 aromatic carbocycles. The first-order valence-corrected chi connectivity index (χ1v) is 6.84. The molecule has 0 atom stereocenters. The monoisotopic (exact) mass is 295 g/mol. The lowest BCUT2D eigenvalue weighted by Gasteiger charge is -2.04. The zero-order valence-electron chi connectivity index (χ0n) is 8.48. The Kier molecular flexibility index (Phi) is 2.44. The molecule has 0 amide bonds. The molecule has 2 aromatic rings. The number of nitrogens with zero attached hydrogens (tertiary/aromatic N) is 2. The Hall–Kier alpha value is -0.940. The number of hydrogen-bond donors (Lipinski definition) is 1. The number of anilines is 1. The van der Waals surface area contributed by atoms with Crippen molar-refractivity contribution in [3.63, 3.8) is 0 Å². The van der Waals surface area contributed by atoms with Crippen LogP contribution < -0.4 is 5.73 Å². The van der Waals surface area contributed by atoms with Crippen molar-refractivity contribution in [3.05, 3.63) is 27.1 Å². The minimum absolute atomic E-state index is 0.527. The molecule has 2 N–H and O–H groups in total. The standard InChI is InChI=1S/C11H10BrN3S/c12-8-5-16-4-7(8)9-3-10(13)15-11(14-9)6-1-2-6/h3-6H,1-2H2,(H2,13,14,15). The fourth-order valence-corrected chi connectivity index (χ4v) is 3.10. The zero-order chi connectivity index (χ0) is 11.1. The zero-order valence-corrected chi connectivity index (χ0v) is 10.9. The fraction of sp³-hybridized carbons (Fsp3) is 0.273. The molecule has 0 spiro atoms. The van der Waals surface area contributed by atoms with Crippen molar-refractivity contribution in [1.82, 2.24) is 9.97 Å². The van der Waals surface area contributed by atoms with Gasteiger partial charge in [-0.15, -0.1) is 0 Å². The average molecular weight is 296 g/mol. The lowest BCUT2D eigenvalue weighted by Crippen LogP contribution is -1.99. The van der Waals surface area contributed by atoms with Crippen molar-refractivity contribution in [2.75, 3.05) is 5.73 Å². The van der Waals surface area contributed by atoms with E-state index < -0.39 is 0 Å². The number of hydrogen-bond acceptors (Lipinski definition) is 4. The molecular formula is C11H10BrN3S. The van der Waals surface area contributed by atoms with Gasteiger partial charge in [0.1, 0.15) is 11.6 Å². The van der Waals surface area contributed by atoms with Crippen molar-refractivity contribution in [3.8, 4) is 11.3 Å². The molecule has 82 valence electrons. The summed E-state index contributed by atoms with van der Waals surface area (Å²) in [4.78, 5) is 8.87. The van der Waals surface area contributed by atoms with E-state index in [1.54, 1.807) is 11.3 Å². The summed E-state index contributed by atoms with van der Waals surface area (Å²) in [5.74, 6) is 1.98. The van der Waals surface area contributed by atoms with Crippen LogP contribution in [0.15, 0.2) is 21.3 Å². The van der Waals surface area contributed by atoms with E-state index in [9.17, 15) is 0 Å². The second kappa shape index (κ2) is 3.82. The lowest BCUT2D eigenvalue weighted by molar-refractivity contribution is 0.936. The van der Waals surface area contributed by atoms with E-state index in [4.69, 9.17) is 5.73 Å². The van der Waals surface area contributed by atoms with Gasteiger partial charge in [-0.05, 0) is 28.8 Å². The van der Waals surface area contributed by atoms with Gasteiger partial charge in [-0.25, -0.2) is 9.97 Å². The molecule has 5 heteroatoms. The molecule has 1 saturated carbocycles. The molecule has 2 heterocycles. The Labute approximate surface area is 106 Å². The largest absolute Gasteiger partial charge is 0.384 e. The summed E-state index contributed by atoms with van der Waals surface area (Å²) < 4.78 is 1.07. The van der Waals surface area contributed by atoms with E-state index in [1.807, 2.05) is 11.4 Å². The van der Waals surface area contributed by atoms with Crippen LogP contribution in [0.5, 0.6) is 0 Å². The van der Waals surface area contributed by atoms with Gasteiger partial charge in [-0.3, -0.25) is 0 Å². The minimum atomic E-state index is 0.527. The summed E-state index contributed by atoms with van der Waals surface area (Å²) in [5, 5.41) is 4.12. The lowest BCUT2D eigenvalue weighted by atomic mass is 10.2. The van der Waals surface area contributed by atoms with Crippen LogP contribution in [-0.2, 0) is 0 Å². The summed E-state index contributed by atoms with van der Waals surface area (Å²) in [6.45, 7) is 0. The number of aromatic nitrogens is 2. The van der Waals surface area contributed by atoms with Gasteiger partial charge in [0.15, 0.2) is 0 Å². The molecule has 0 saturated heterocycles. The molecule has 0 bridgehead atoms. The first-order chi connectivity index (χ1) is 7.74. The first kappa shape index (κ1) is 10.2. The van der Waals surface area contributed by atoms with Crippen LogP contribution in [0.3, 0.4) is 0 Å². The maximum atomic E-state index is 5.82. The summed E-state index contributed by atoms with van der Waals surface area (Å²) in [6, 6.07) is 1.83. The molecule has 1 aliphatic carbocycles. The fourth-order valence-electron chi connectivity index (χ4n) is 1.61. The van der Waals surface area contributed by atoms with E-state index in [1.165, 1.54) is 12.8 Å². The molecule has 0 unspecified atom stereocenters. The summed E-state index contributed by atoms with van der Waals surface area (Å²) in [5.41, 5.74) is 7.84. The van der Waals surface area contributed by atoms with Crippen LogP contribution in [0.2, 0.25) is 0 Å². The highest BCUT2D eigenvalue weighted by Crippen LogP contribution is 2.39. The SMILES string of the molecule is Nc1cc(-c2cscc2Br)nc(C2CC2)n1. The Morgan fingerprint density at radius 1 is 1.31 bits per heavy atom. The Morgan fingerprint density at radius 2 is 2.12 bits per heavy atom. The molecule has 2 aromatic heterocycles. The Balaban J connectivity index is 2.10. The van der Waals surface area contributed by atoms with Crippen LogP contribution in [0.1, 0.15) is 24.6 Å². The molecule has 0 radical (unpaired) electrons. The van der Waals surface area contributed by atoms with Crippen molar-refractivity contribution in [1.29, 1.82) is 0 Å². The number of thiophene rings is 1. The summed E-state index contributed by atoms with van der Waals surface area (Å²) in [6.07, 6.45) is 2.38. The molecule has 0 aliphatic heterocycles. The molecule has 1 fully saturated rings. The van der Waals surface area contributed by atoms with E-state index in [0.29, 0.717) is 11.7 Å². The predicted octanol–water partition coefficient (Wildman–Crippen LogP) is 3.43. The van der Waals surface area contributed by atoms with E-state index in [0.717, 1.165) is 21.6 Å². The van der Waals surface area contributed by atoms with Crippen LogP contribution in [0.25, 0.3) is 11.3 Å². The van der Waals surface area contributed by atoms with Gasteiger partial charge in [-0.1, -0.05) is 0 Å². The van der Waals surface area contributed by atoms with Crippen LogP contribution in [-0.4, -0.2) is 9.97 Å². The van der Waals surface area contributed by atoms with Crippen molar-refractivity contribution < 1.29 is 0 Å². The first-order valence-electron chi connectivity index (χ1n) is 5.10. The predicted molar refractivity (Wildman–Crippen MR) is 69.4 cm³/mol. The molecule has 3 rings (SSSR count). The molecule has 1 aliphatic rings. The van der Waals surface area contributed by atoms with Gasteiger partial charge in [-0.2, -0.15) is 11.3 Å². The second-order valence-electron chi connectivity index (χ2n) is 3.94. The van der Waals surface area contributed by atoms with Crippen molar-refractivity contribution in [2.45, 2.75) is 18.8 Å². The number of nitrogens with two attached hydrogens (primary N) is 1. The summed E-state index contributed by atoms with van der Waals surface area (Å²) in [7, 11) is 0. The van der Waals surface area contributed by atoms with Crippen molar-refractivity contribution in [2.24, 2.45) is 0 Å². The van der Waals surface area contributed by atoms with Gasteiger partial charge in [0, 0.05) is 32.8 Å². The normalized spacial score (nSPS) is 15.3. The van der Waals surface area contributed by atoms with Crippen LogP contribution in [0.4, 0.5) is 5.82 Å². The maximum absolute atomic E-state index is 5.82. The number of halogens is 1. The maximum Gasteiger partial charge on any atom is 0.134 e. The van der Waals surface area contributed by atoms with Gasteiger partial charge >= 0.3 is 0 Å². The number of nitrogen functional groups attached to an aromatic ring is 1. The average Bonchev–Trinajstić information content (AvgIpc) is 3.01. The minimum Gasteiger partial charge on any atom is -0.384 e. The van der Waals surface area contributed by atoms with E-state index >= 15 is 0 Å². The summed E-state index contributed by atoms with van der Waals surface area (Å²) >= 11 is 5.16. The smallest absolute Gasteiger partial charge is 0.134 e. The third kappa shape index (κ3) is 1.85. The second-order valence-corrected chi connectivity index (χ2v) is 5.54. The third-order valence-corrected chi connectivity index (χ3v) is 4.30. The quantitative estimate of drug-likeness (QED) is 0.923. The van der Waals surface area contributed by atoms with Gasteiger partial charge in [0.25, 0.3) is 0 Å². The Morgan fingerprint density at radius 3 is 2.75 bits per heavy atom. The van der Waals surface area contributed by atoms with Gasteiger partial charge < -0.3 is 5.73 Å². The third-order valence-electron chi connectivity index (χ3n) is 2.60. The van der Waals surface area contributed by atoms with Gasteiger partial charge in [0.2, 0.25) is 0 Å². The van der Waals surface area contributed by atoms with Gasteiger partial charge in [0.05, 0.1) is 5.69 Å². The highest BCUT2D eigenvalue weighted by molar-refractivity contribution is 9.10. The van der Waals surface area contributed by atoms with E-state index in [2.05, 4.69) is 31.3 Å². The topological polar surface area (TPSA) is 51.8 Å². The van der Waals surface area contributed by atoms with Crippen LogP contribution in [0, 0.1) is 0 Å². The van der Waals surface area contributed by atoms with Crippen molar-refractivity contribution >= 4 is 33.1 Å².